The topological polar surface area (TPSA) is 105 Å². The van der Waals surface area contributed by atoms with Crippen LogP contribution in [-0.2, 0) is 20.9 Å². The summed E-state index contributed by atoms with van der Waals surface area (Å²) in [7, 11) is 0. The molecule has 4 amide bonds. The fourth-order valence-electron chi connectivity index (χ4n) is 3.28. The minimum absolute atomic E-state index is 0.0119. The Bertz CT molecular complexity index is 1010. The van der Waals surface area contributed by atoms with Gasteiger partial charge in [0.05, 0.1) is 31.7 Å². The molecular weight excluding hydrogens is 434 g/mol. The van der Waals surface area contributed by atoms with E-state index in [2.05, 4.69) is 10.6 Å². The van der Waals surface area contributed by atoms with Gasteiger partial charge in [0.15, 0.2) is 0 Å². The summed E-state index contributed by atoms with van der Waals surface area (Å²) in [4.78, 5) is 49.6. The normalized spacial score (nSPS) is 14.3. The first-order chi connectivity index (χ1) is 15.2. The van der Waals surface area contributed by atoms with Crippen LogP contribution in [0.25, 0.3) is 0 Å². The fourth-order valence-corrected chi connectivity index (χ4v) is 3.54. The van der Waals surface area contributed by atoms with E-state index in [0.717, 1.165) is 4.90 Å². The van der Waals surface area contributed by atoms with E-state index in [9.17, 15) is 19.2 Å². The molecule has 0 unspecified atom stereocenters. The Labute approximate surface area is 190 Å². The van der Waals surface area contributed by atoms with Crippen molar-refractivity contribution < 1.29 is 23.9 Å². The molecule has 168 valence electrons. The van der Waals surface area contributed by atoms with Gasteiger partial charge in [0, 0.05) is 10.6 Å². The largest absolute Gasteiger partial charge is 0.463 e. The molecule has 1 heterocycles. The summed E-state index contributed by atoms with van der Waals surface area (Å²) in [6.07, 6.45) is -0.347. The van der Waals surface area contributed by atoms with Gasteiger partial charge in [-0.25, -0.2) is 4.79 Å². The maximum absolute atomic E-state index is 12.9. The number of ether oxygens (including phenoxy) is 1. The molecule has 0 aliphatic carbocycles. The molecular formula is C23H24ClN3O5. The lowest BCUT2D eigenvalue weighted by atomic mass is 10.0. The number of esters is 1. The summed E-state index contributed by atoms with van der Waals surface area (Å²) in [5, 5.41) is 5.74. The van der Waals surface area contributed by atoms with E-state index >= 15 is 0 Å². The lowest BCUT2D eigenvalue weighted by Gasteiger charge is -2.20. The number of hydrogen-bond donors (Lipinski definition) is 2. The van der Waals surface area contributed by atoms with Crippen LogP contribution in [0.2, 0.25) is 5.02 Å². The number of amides is 4. The molecule has 0 radical (unpaired) electrons. The first-order valence-electron chi connectivity index (χ1n) is 10.2. The molecule has 3 rings (SSSR count). The number of hydrogen-bond acceptors (Lipinski definition) is 5. The summed E-state index contributed by atoms with van der Waals surface area (Å²) >= 11 is 6.29. The summed E-state index contributed by atoms with van der Waals surface area (Å²) in [5.74, 6) is -1.14. The predicted octanol–water partition coefficient (Wildman–Crippen LogP) is 3.20. The quantitative estimate of drug-likeness (QED) is 0.468. The number of urea groups is 1. The van der Waals surface area contributed by atoms with E-state index in [0.29, 0.717) is 21.7 Å². The average molecular weight is 458 g/mol. The minimum atomic E-state index is -0.673. The Balaban J connectivity index is 1.72. The van der Waals surface area contributed by atoms with Gasteiger partial charge in [-0.2, -0.15) is 0 Å². The van der Waals surface area contributed by atoms with E-state index in [1.807, 2.05) is 0 Å². The van der Waals surface area contributed by atoms with Crippen LogP contribution in [0.15, 0.2) is 48.5 Å². The number of imide groups is 1. The third-order valence-corrected chi connectivity index (χ3v) is 5.16. The summed E-state index contributed by atoms with van der Waals surface area (Å²) in [6.45, 7) is 3.61. The van der Waals surface area contributed by atoms with E-state index < -0.39 is 23.9 Å². The zero-order valence-electron chi connectivity index (χ0n) is 17.8. The second-order valence-electron chi connectivity index (χ2n) is 7.63. The van der Waals surface area contributed by atoms with Gasteiger partial charge in [0.1, 0.15) is 0 Å². The van der Waals surface area contributed by atoms with Crippen LogP contribution >= 0.6 is 11.6 Å². The standard InChI is InChI=1S/C23H24ClN3O5/c1-14(2)32-21(29)11-19(17-5-3-4-6-18(17)24)26-22(30)16-9-7-15(8-10-16)13-27-20(28)12-25-23(27)31/h3-10,14,19H,11-13H2,1-2H3,(H,25,31)(H,26,30)/t19-/m1/s1. The zero-order valence-corrected chi connectivity index (χ0v) is 18.5. The van der Waals surface area contributed by atoms with Crippen molar-refractivity contribution in [1.29, 1.82) is 0 Å². The third kappa shape index (κ3) is 5.85. The Morgan fingerprint density at radius 2 is 1.81 bits per heavy atom. The molecule has 0 bridgehead atoms. The third-order valence-electron chi connectivity index (χ3n) is 4.82. The molecule has 8 nitrogen and oxygen atoms in total. The van der Waals surface area contributed by atoms with E-state index in [1.54, 1.807) is 62.4 Å². The Morgan fingerprint density at radius 3 is 2.41 bits per heavy atom. The molecule has 2 aromatic rings. The fraction of sp³-hybridized carbons (Fsp3) is 0.304. The van der Waals surface area contributed by atoms with Crippen LogP contribution in [-0.4, -0.2) is 41.4 Å². The van der Waals surface area contributed by atoms with Gasteiger partial charge in [-0.1, -0.05) is 41.9 Å². The molecule has 2 aromatic carbocycles. The van der Waals surface area contributed by atoms with Gasteiger partial charge in [-0.15, -0.1) is 0 Å². The van der Waals surface area contributed by atoms with Crippen LogP contribution in [0.5, 0.6) is 0 Å². The molecule has 0 aromatic heterocycles. The monoisotopic (exact) mass is 457 g/mol. The maximum Gasteiger partial charge on any atom is 0.324 e. The van der Waals surface area contributed by atoms with Gasteiger partial charge in [0.2, 0.25) is 5.91 Å². The summed E-state index contributed by atoms with van der Waals surface area (Å²) in [6, 6.07) is 12.4. The molecule has 2 N–H and O–H groups in total. The number of rotatable bonds is 8. The highest BCUT2D eigenvalue weighted by Gasteiger charge is 2.28. The Morgan fingerprint density at radius 1 is 1.12 bits per heavy atom. The van der Waals surface area contributed by atoms with Crippen LogP contribution in [0.3, 0.4) is 0 Å². The highest BCUT2D eigenvalue weighted by Crippen LogP contribution is 2.26. The van der Waals surface area contributed by atoms with Crippen molar-refractivity contribution in [3.8, 4) is 0 Å². The van der Waals surface area contributed by atoms with Crippen LogP contribution in [0.4, 0.5) is 4.79 Å². The molecule has 1 saturated heterocycles. The molecule has 9 heteroatoms. The van der Waals surface area contributed by atoms with Gasteiger partial charge in [-0.3, -0.25) is 19.3 Å². The SMILES string of the molecule is CC(C)OC(=O)C[C@@H](NC(=O)c1ccc(CN2C(=O)CNC2=O)cc1)c1ccccc1Cl. The number of carbonyl (C=O) groups excluding carboxylic acids is 4. The van der Waals surface area contributed by atoms with Crippen molar-refractivity contribution in [3.63, 3.8) is 0 Å². The van der Waals surface area contributed by atoms with Gasteiger partial charge in [-0.05, 0) is 43.2 Å². The number of halogens is 1. The highest BCUT2D eigenvalue weighted by atomic mass is 35.5. The molecule has 1 aliphatic rings. The van der Waals surface area contributed by atoms with Crippen LogP contribution < -0.4 is 10.6 Å². The minimum Gasteiger partial charge on any atom is -0.463 e. The number of carbonyl (C=O) groups is 4. The van der Waals surface area contributed by atoms with Gasteiger partial charge >= 0.3 is 12.0 Å². The lowest BCUT2D eigenvalue weighted by molar-refractivity contribution is -0.148. The van der Waals surface area contributed by atoms with Crippen molar-refractivity contribution in [2.24, 2.45) is 0 Å². The molecule has 0 spiro atoms. The van der Waals surface area contributed by atoms with Crippen molar-refractivity contribution >= 4 is 35.4 Å². The Hall–Kier alpha value is -3.39. The smallest absolute Gasteiger partial charge is 0.324 e. The van der Waals surface area contributed by atoms with Crippen molar-refractivity contribution in [2.75, 3.05) is 6.54 Å². The van der Waals surface area contributed by atoms with Gasteiger partial charge < -0.3 is 15.4 Å². The second-order valence-corrected chi connectivity index (χ2v) is 8.03. The maximum atomic E-state index is 12.9. The summed E-state index contributed by atoms with van der Waals surface area (Å²) in [5.41, 5.74) is 1.67. The second kappa shape index (κ2) is 10.3. The highest BCUT2D eigenvalue weighted by molar-refractivity contribution is 6.31. The van der Waals surface area contributed by atoms with Crippen LogP contribution in [0.1, 0.15) is 47.8 Å². The first-order valence-corrected chi connectivity index (χ1v) is 10.5. The summed E-state index contributed by atoms with van der Waals surface area (Å²) < 4.78 is 5.23. The zero-order chi connectivity index (χ0) is 23.3. The van der Waals surface area contributed by atoms with Crippen molar-refractivity contribution in [2.45, 2.75) is 39.0 Å². The van der Waals surface area contributed by atoms with Gasteiger partial charge in [0.25, 0.3) is 5.91 Å². The van der Waals surface area contributed by atoms with E-state index in [-0.39, 0.29) is 31.5 Å². The first kappa shape index (κ1) is 23.3. The molecule has 0 saturated carbocycles. The molecule has 1 aliphatic heterocycles. The average Bonchev–Trinajstić information content (AvgIpc) is 3.05. The molecule has 32 heavy (non-hydrogen) atoms. The van der Waals surface area contributed by atoms with E-state index in [4.69, 9.17) is 16.3 Å². The van der Waals surface area contributed by atoms with Crippen molar-refractivity contribution in [1.82, 2.24) is 15.5 Å². The Kier molecular flexibility index (Phi) is 7.48. The number of benzene rings is 2. The number of nitrogens with one attached hydrogen (secondary N) is 2. The molecule has 1 atom stereocenters. The lowest BCUT2D eigenvalue weighted by Crippen LogP contribution is -2.31. The van der Waals surface area contributed by atoms with Crippen molar-refractivity contribution in [3.05, 3.63) is 70.2 Å². The van der Waals surface area contributed by atoms with E-state index in [1.165, 1.54) is 0 Å². The van der Waals surface area contributed by atoms with Crippen LogP contribution in [0, 0.1) is 0 Å². The number of nitrogens with zero attached hydrogens (tertiary/aromatic N) is 1. The molecule has 1 fully saturated rings. The predicted molar refractivity (Wildman–Crippen MR) is 118 cm³/mol.